The molecule has 1 aliphatic heterocycles. The molecular formula is C41H53N3O6. The lowest BCUT2D eigenvalue weighted by atomic mass is 9.65. The zero-order valence-electron chi connectivity index (χ0n) is 29.7. The number of alkyl carbamates (subject to hydrolysis) is 1. The van der Waals surface area contributed by atoms with Crippen LogP contribution in [0.4, 0.5) is 4.79 Å². The highest BCUT2D eigenvalue weighted by atomic mass is 16.6. The van der Waals surface area contributed by atoms with Gasteiger partial charge in [0.1, 0.15) is 18.0 Å². The van der Waals surface area contributed by atoms with E-state index in [1.54, 1.807) is 20.8 Å². The summed E-state index contributed by atoms with van der Waals surface area (Å²) in [6, 6.07) is 25.0. The first-order valence-electron chi connectivity index (χ1n) is 17.8. The number of nitrogens with one attached hydrogen (secondary N) is 1. The first-order chi connectivity index (χ1) is 24.0. The molecule has 1 aliphatic carbocycles. The van der Waals surface area contributed by atoms with Gasteiger partial charge in [0.05, 0.1) is 30.8 Å². The van der Waals surface area contributed by atoms with Gasteiger partial charge in [-0.15, -0.1) is 0 Å². The van der Waals surface area contributed by atoms with Gasteiger partial charge in [-0.1, -0.05) is 78.9 Å². The molecule has 0 unspecified atom stereocenters. The van der Waals surface area contributed by atoms with E-state index in [1.807, 2.05) is 78.9 Å². The number of benzene rings is 3. The number of carbonyl (C=O) groups is 2. The number of aliphatic hydroxyl groups is 1. The monoisotopic (exact) mass is 683 g/mol. The summed E-state index contributed by atoms with van der Waals surface area (Å²) < 4.78 is 17.0. The number of rotatable bonds is 15. The van der Waals surface area contributed by atoms with Crippen LogP contribution in [0.3, 0.4) is 0 Å². The second-order valence-corrected chi connectivity index (χ2v) is 14.5. The average Bonchev–Trinajstić information content (AvgIpc) is 3.53. The Morgan fingerprint density at radius 3 is 2.42 bits per heavy atom. The Hall–Kier alpha value is -4.18. The standard InChI is InChI=1S/C41H53N3O6/c1-40(2,3)50-39(47)43-36(28-31-10-5-4-6-11-31)37(45)29-41(38(42)46,35-20-17-32-13-7-8-14-34(32)35)21-9-12-30-15-18-33(19-16-30)49-27-24-44-22-25-48-26-23-44/h4-16,18-19,35-37,45H,17,20-29H2,1-3H3,(H2,42,46)(H,43,47)/t35-,36-,37-,41-/m0/s1. The summed E-state index contributed by atoms with van der Waals surface area (Å²) in [7, 11) is 0. The summed E-state index contributed by atoms with van der Waals surface area (Å²) >= 11 is 0. The molecule has 0 spiro atoms. The number of morpholine rings is 1. The van der Waals surface area contributed by atoms with Crippen LogP contribution in [0.1, 0.15) is 68.2 Å². The highest BCUT2D eigenvalue weighted by Gasteiger charge is 2.48. The van der Waals surface area contributed by atoms with E-state index in [0.29, 0.717) is 19.4 Å². The average molecular weight is 684 g/mol. The number of hydrogen-bond donors (Lipinski definition) is 3. The number of allylic oxidation sites excluding steroid dienone is 1. The van der Waals surface area contributed by atoms with E-state index < -0.39 is 35.2 Å². The molecule has 1 fully saturated rings. The molecule has 3 aromatic rings. The summed E-state index contributed by atoms with van der Waals surface area (Å²) in [5.41, 5.74) is 8.73. The third-order valence-corrected chi connectivity index (χ3v) is 9.78. The highest BCUT2D eigenvalue weighted by Crippen LogP contribution is 2.50. The number of carbonyl (C=O) groups excluding carboxylic acids is 2. The van der Waals surface area contributed by atoms with Gasteiger partial charge in [-0.2, -0.15) is 0 Å². The van der Waals surface area contributed by atoms with Crippen molar-refractivity contribution < 1.29 is 28.9 Å². The normalized spacial score (nSPS) is 18.9. The lowest BCUT2D eigenvalue weighted by molar-refractivity contribution is -0.131. The predicted octanol–water partition coefficient (Wildman–Crippen LogP) is 5.89. The maximum atomic E-state index is 13.8. The van der Waals surface area contributed by atoms with Gasteiger partial charge < -0.3 is 30.4 Å². The van der Waals surface area contributed by atoms with Crippen LogP contribution >= 0.6 is 0 Å². The zero-order valence-corrected chi connectivity index (χ0v) is 29.7. The smallest absolute Gasteiger partial charge is 0.407 e. The summed E-state index contributed by atoms with van der Waals surface area (Å²) in [5, 5.41) is 14.9. The molecule has 9 heteroatoms. The number of nitrogens with two attached hydrogens (primary N) is 1. The van der Waals surface area contributed by atoms with Crippen LogP contribution in [0.15, 0.2) is 84.9 Å². The fourth-order valence-electron chi connectivity index (χ4n) is 7.20. The maximum absolute atomic E-state index is 13.8. The summed E-state index contributed by atoms with van der Waals surface area (Å²) in [6.07, 6.45) is 4.56. The second kappa shape index (κ2) is 17.2. The number of primary amides is 1. The fraction of sp³-hybridized carbons (Fsp3) is 0.463. The lowest BCUT2D eigenvalue weighted by Crippen LogP contribution is -2.51. The van der Waals surface area contributed by atoms with Gasteiger partial charge in [0.2, 0.25) is 5.91 Å². The van der Waals surface area contributed by atoms with E-state index in [2.05, 4.69) is 22.3 Å². The van der Waals surface area contributed by atoms with Gasteiger partial charge in [0, 0.05) is 19.6 Å². The molecule has 0 saturated carbocycles. The van der Waals surface area contributed by atoms with Crippen molar-refractivity contribution in [2.24, 2.45) is 11.1 Å². The SMILES string of the molecule is CC(C)(C)OC(=O)N[C@@H](Cc1ccccc1)[C@@H](O)C[C@](CC=Cc1ccc(OCCN2CCOCC2)cc1)(C(N)=O)[C@H]1CCc2ccccc21. The molecule has 4 atom stereocenters. The Morgan fingerprint density at radius 2 is 1.72 bits per heavy atom. The topological polar surface area (TPSA) is 123 Å². The number of amides is 2. The van der Waals surface area contributed by atoms with Gasteiger partial charge in [-0.25, -0.2) is 4.79 Å². The molecule has 5 rings (SSSR count). The Kier molecular flexibility index (Phi) is 12.7. The van der Waals surface area contributed by atoms with Crippen LogP contribution < -0.4 is 15.8 Å². The van der Waals surface area contributed by atoms with Gasteiger partial charge >= 0.3 is 6.09 Å². The van der Waals surface area contributed by atoms with Crippen molar-refractivity contribution in [1.29, 1.82) is 0 Å². The first kappa shape index (κ1) is 37.1. The molecule has 2 aliphatic rings. The van der Waals surface area contributed by atoms with Crippen molar-refractivity contribution in [3.8, 4) is 5.75 Å². The van der Waals surface area contributed by atoms with E-state index in [9.17, 15) is 14.7 Å². The molecule has 4 N–H and O–H groups in total. The van der Waals surface area contributed by atoms with Crippen LogP contribution in [0.2, 0.25) is 0 Å². The minimum Gasteiger partial charge on any atom is -0.492 e. The van der Waals surface area contributed by atoms with Crippen molar-refractivity contribution in [1.82, 2.24) is 10.2 Å². The van der Waals surface area contributed by atoms with E-state index in [0.717, 1.165) is 68.1 Å². The quantitative estimate of drug-likeness (QED) is 0.183. The summed E-state index contributed by atoms with van der Waals surface area (Å²) in [5.74, 6) is 0.133. The maximum Gasteiger partial charge on any atom is 0.407 e. The molecule has 0 aromatic heterocycles. The van der Waals surface area contributed by atoms with Crippen LogP contribution in [-0.2, 0) is 27.1 Å². The van der Waals surface area contributed by atoms with Crippen molar-refractivity contribution in [3.63, 3.8) is 0 Å². The molecule has 0 bridgehead atoms. The van der Waals surface area contributed by atoms with E-state index >= 15 is 0 Å². The number of ether oxygens (including phenoxy) is 3. The van der Waals surface area contributed by atoms with Gasteiger partial charge in [-0.05, 0) is 93.2 Å². The third-order valence-electron chi connectivity index (χ3n) is 9.78. The molecule has 1 saturated heterocycles. The third kappa shape index (κ3) is 10.2. The molecule has 50 heavy (non-hydrogen) atoms. The molecule has 2 amide bonds. The van der Waals surface area contributed by atoms with E-state index in [1.165, 1.54) is 5.56 Å². The number of fused-ring (bicyclic) bond motifs is 1. The molecule has 9 nitrogen and oxygen atoms in total. The number of aliphatic hydroxyl groups excluding tert-OH is 1. The van der Waals surface area contributed by atoms with Gasteiger partial charge in [0.25, 0.3) is 0 Å². The van der Waals surface area contributed by atoms with Crippen molar-refractivity contribution in [2.75, 3.05) is 39.5 Å². The van der Waals surface area contributed by atoms with Crippen LogP contribution in [0, 0.1) is 5.41 Å². The Morgan fingerprint density at radius 1 is 1.02 bits per heavy atom. The van der Waals surface area contributed by atoms with Crippen molar-refractivity contribution in [3.05, 3.63) is 107 Å². The summed E-state index contributed by atoms with van der Waals surface area (Å²) in [4.78, 5) is 29.1. The molecule has 1 heterocycles. The molecule has 3 aromatic carbocycles. The van der Waals surface area contributed by atoms with Crippen molar-refractivity contribution >= 4 is 18.1 Å². The largest absolute Gasteiger partial charge is 0.492 e. The fourth-order valence-corrected chi connectivity index (χ4v) is 7.20. The minimum absolute atomic E-state index is 0.0644. The number of hydrogen-bond acceptors (Lipinski definition) is 7. The molecule has 0 radical (unpaired) electrons. The second-order valence-electron chi connectivity index (χ2n) is 14.5. The Balaban J connectivity index is 1.36. The lowest BCUT2D eigenvalue weighted by Gasteiger charge is -2.39. The highest BCUT2D eigenvalue weighted by molar-refractivity contribution is 5.83. The minimum atomic E-state index is -1.12. The molecule has 268 valence electrons. The Bertz CT molecular complexity index is 1570. The molecular weight excluding hydrogens is 630 g/mol. The predicted molar refractivity (Wildman–Crippen MR) is 196 cm³/mol. The number of nitrogens with zero attached hydrogens (tertiary/aromatic N) is 1. The van der Waals surface area contributed by atoms with Crippen LogP contribution in [0.5, 0.6) is 5.75 Å². The van der Waals surface area contributed by atoms with E-state index in [4.69, 9.17) is 19.9 Å². The first-order valence-corrected chi connectivity index (χ1v) is 17.8. The zero-order chi connectivity index (χ0) is 35.6. The number of aryl methyl sites for hydroxylation is 1. The summed E-state index contributed by atoms with van der Waals surface area (Å²) in [6.45, 7) is 10.2. The van der Waals surface area contributed by atoms with Crippen LogP contribution in [0.25, 0.3) is 6.08 Å². The van der Waals surface area contributed by atoms with Crippen LogP contribution in [-0.4, -0.2) is 79.2 Å². The van der Waals surface area contributed by atoms with Gasteiger partial charge in [-0.3, -0.25) is 9.69 Å². The van der Waals surface area contributed by atoms with Gasteiger partial charge in [0.15, 0.2) is 0 Å². The Labute approximate surface area is 296 Å². The van der Waals surface area contributed by atoms with Crippen molar-refractivity contribution in [2.45, 2.75) is 76.5 Å². The van der Waals surface area contributed by atoms with E-state index in [-0.39, 0.29) is 12.3 Å².